The predicted molar refractivity (Wildman–Crippen MR) is 69.2 cm³/mol. The summed E-state index contributed by atoms with van der Waals surface area (Å²) in [6, 6.07) is 3.94. The van der Waals surface area contributed by atoms with Crippen molar-refractivity contribution in [3.63, 3.8) is 0 Å². The molecule has 0 saturated carbocycles. The number of thioether (sulfide) groups is 1. The SMILES string of the molecule is CC[C@@H](O)c1ccc(SCC2CCCO2)cn1. The first-order valence-corrected chi connectivity index (χ1v) is 7.16. The maximum Gasteiger partial charge on any atom is 0.0957 e. The van der Waals surface area contributed by atoms with Crippen LogP contribution in [0.25, 0.3) is 0 Å². The predicted octanol–water partition coefficient (Wildman–Crippen LogP) is 2.80. The maximum atomic E-state index is 9.63. The minimum Gasteiger partial charge on any atom is -0.387 e. The first-order chi connectivity index (χ1) is 8.29. The Balaban J connectivity index is 1.84. The first-order valence-electron chi connectivity index (χ1n) is 6.18. The highest BCUT2D eigenvalue weighted by Crippen LogP contribution is 2.24. The van der Waals surface area contributed by atoms with Gasteiger partial charge in [0.1, 0.15) is 0 Å². The molecule has 1 fully saturated rings. The normalized spacial score (nSPS) is 21.6. The fraction of sp³-hybridized carbons (Fsp3) is 0.615. The van der Waals surface area contributed by atoms with Crippen LogP contribution >= 0.6 is 11.8 Å². The zero-order valence-electron chi connectivity index (χ0n) is 10.1. The molecule has 1 saturated heterocycles. The standard InChI is InChI=1S/C13H19NO2S/c1-2-13(15)12-6-5-11(8-14-12)17-9-10-4-3-7-16-10/h5-6,8,10,13,15H,2-4,7,9H2,1H3/t10?,13-/m1/s1. The zero-order chi connectivity index (χ0) is 12.1. The second-order valence-electron chi connectivity index (χ2n) is 4.29. The van der Waals surface area contributed by atoms with E-state index in [9.17, 15) is 5.11 Å². The molecule has 2 rings (SSSR count). The van der Waals surface area contributed by atoms with E-state index in [4.69, 9.17) is 4.74 Å². The molecule has 2 heterocycles. The molecule has 1 N–H and O–H groups in total. The van der Waals surface area contributed by atoms with Crippen LogP contribution in [-0.4, -0.2) is 28.6 Å². The van der Waals surface area contributed by atoms with Gasteiger partial charge in [0.15, 0.2) is 0 Å². The van der Waals surface area contributed by atoms with E-state index < -0.39 is 6.10 Å². The minimum absolute atomic E-state index is 0.404. The van der Waals surface area contributed by atoms with Crippen LogP contribution in [0.15, 0.2) is 23.2 Å². The van der Waals surface area contributed by atoms with Crippen molar-refractivity contribution in [3.8, 4) is 0 Å². The fourth-order valence-corrected chi connectivity index (χ4v) is 2.78. The van der Waals surface area contributed by atoms with E-state index in [1.54, 1.807) is 11.8 Å². The lowest BCUT2D eigenvalue weighted by atomic mass is 10.2. The van der Waals surface area contributed by atoms with E-state index in [0.29, 0.717) is 12.5 Å². The Hall–Kier alpha value is -0.580. The van der Waals surface area contributed by atoms with Crippen LogP contribution in [0.5, 0.6) is 0 Å². The number of hydrogen-bond acceptors (Lipinski definition) is 4. The van der Waals surface area contributed by atoms with Gasteiger partial charge in [-0.1, -0.05) is 6.92 Å². The van der Waals surface area contributed by atoms with Crippen LogP contribution in [0.2, 0.25) is 0 Å². The van der Waals surface area contributed by atoms with Crippen molar-refractivity contribution >= 4 is 11.8 Å². The van der Waals surface area contributed by atoms with Crippen molar-refractivity contribution in [1.29, 1.82) is 0 Å². The van der Waals surface area contributed by atoms with Gasteiger partial charge in [-0.25, -0.2) is 0 Å². The highest BCUT2D eigenvalue weighted by Gasteiger charge is 2.15. The summed E-state index contributed by atoms with van der Waals surface area (Å²) in [6.45, 7) is 2.86. The summed E-state index contributed by atoms with van der Waals surface area (Å²) in [5.41, 5.74) is 0.758. The Morgan fingerprint density at radius 1 is 1.59 bits per heavy atom. The van der Waals surface area contributed by atoms with Crippen molar-refractivity contribution in [3.05, 3.63) is 24.0 Å². The van der Waals surface area contributed by atoms with Crippen molar-refractivity contribution in [2.75, 3.05) is 12.4 Å². The minimum atomic E-state index is -0.438. The molecule has 0 radical (unpaired) electrons. The third-order valence-corrected chi connectivity index (χ3v) is 4.06. The van der Waals surface area contributed by atoms with Crippen LogP contribution in [0.3, 0.4) is 0 Å². The maximum absolute atomic E-state index is 9.63. The molecule has 3 nitrogen and oxygen atoms in total. The van der Waals surface area contributed by atoms with Gasteiger partial charge in [-0.2, -0.15) is 0 Å². The lowest BCUT2D eigenvalue weighted by molar-refractivity contribution is 0.129. The average Bonchev–Trinajstić information content (AvgIpc) is 2.89. The third kappa shape index (κ3) is 3.69. The van der Waals surface area contributed by atoms with Gasteiger partial charge < -0.3 is 9.84 Å². The third-order valence-electron chi connectivity index (χ3n) is 2.95. The number of aliphatic hydroxyl groups excluding tert-OH is 1. The summed E-state index contributed by atoms with van der Waals surface area (Å²) in [7, 11) is 0. The Morgan fingerprint density at radius 3 is 3.06 bits per heavy atom. The quantitative estimate of drug-likeness (QED) is 0.819. The second kappa shape index (κ2) is 6.38. The van der Waals surface area contributed by atoms with Crippen molar-refractivity contribution in [2.24, 2.45) is 0 Å². The van der Waals surface area contributed by atoms with Crippen LogP contribution in [-0.2, 0) is 4.74 Å². The molecule has 0 aromatic carbocycles. The number of aliphatic hydroxyl groups is 1. The summed E-state index contributed by atoms with van der Waals surface area (Å²) < 4.78 is 5.57. The second-order valence-corrected chi connectivity index (χ2v) is 5.38. The Labute approximate surface area is 107 Å². The molecule has 0 spiro atoms. The molecule has 1 aliphatic rings. The monoisotopic (exact) mass is 253 g/mol. The molecule has 0 bridgehead atoms. The van der Waals surface area contributed by atoms with E-state index in [1.165, 1.54) is 12.8 Å². The van der Waals surface area contributed by atoms with E-state index in [2.05, 4.69) is 4.98 Å². The summed E-state index contributed by atoms with van der Waals surface area (Å²) >= 11 is 1.78. The molecule has 0 aliphatic carbocycles. The van der Waals surface area contributed by atoms with Gasteiger partial charge in [-0.3, -0.25) is 4.98 Å². The topological polar surface area (TPSA) is 42.4 Å². The summed E-state index contributed by atoms with van der Waals surface area (Å²) in [4.78, 5) is 5.43. The molecular formula is C13H19NO2S. The molecule has 1 aliphatic heterocycles. The molecule has 2 atom stereocenters. The van der Waals surface area contributed by atoms with Crippen molar-refractivity contribution in [2.45, 2.75) is 43.3 Å². The molecular weight excluding hydrogens is 234 g/mol. The Morgan fingerprint density at radius 2 is 2.47 bits per heavy atom. The van der Waals surface area contributed by atoms with Crippen molar-refractivity contribution < 1.29 is 9.84 Å². The number of pyridine rings is 1. The summed E-state index contributed by atoms with van der Waals surface area (Å²) in [5.74, 6) is 0.997. The largest absolute Gasteiger partial charge is 0.387 e. The van der Waals surface area contributed by atoms with Crippen molar-refractivity contribution in [1.82, 2.24) is 4.98 Å². The van der Waals surface area contributed by atoms with Crippen LogP contribution in [0.1, 0.15) is 38.0 Å². The van der Waals surface area contributed by atoms with E-state index >= 15 is 0 Å². The molecule has 1 unspecified atom stereocenters. The summed E-state index contributed by atoms with van der Waals surface area (Å²) in [5, 5.41) is 9.63. The highest BCUT2D eigenvalue weighted by atomic mass is 32.2. The van der Waals surface area contributed by atoms with E-state index in [1.807, 2.05) is 25.3 Å². The molecule has 1 aromatic heterocycles. The van der Waals surface area contributed by atoms with Gasteiger partial charge in [0.2, 0.25) is 0 Å². The summed E-state index contributed by atoms with van der Waals surface area (Å²) in [6.07, 6.45) is 4.87. The van der Waals surface area contributed by atoms with E-state index in [-0.39, 0.29) is 0 Å². The molecule has 1 aromatic rings. The number of aromatic nitrogens is 1. The molecule has 94 valence electrons. The first kappa shape index (κ1) is 12.9. The number of nitrogens with zero attached hydrogens (tertiary/aromatic N) is 1. The van der Waals surface area contributed by atoms with Gasteiger partial charge in [0.25, 0.3) is 0 Å². The number of ether oxygens (including phenoxy) is 1. The fourth-order valence-electron chi connectivity index (χ4n) is 1.85. The van der Waals surface area contributed by atoms with E-state index in [0.717, 1.165) is 22.9 Å². The van der Waals surface area contributed by atoms with Gasteiger partial charge >= 0.3 is 0 Å². The lowest BCUT2D eigenvalue weighted by Gasteiger charge is -2.10. The van der Waals surface area contributed by atoms with Gasteiger partial charge in [0.05, 0.1) is 17.9 Å². The van der Waals surface area contributed by atoms with Crippen LogP contribution < -0.4 is 0 Å². The Bertz CT molecular complexity index is 336. The van der Waals surface area contributed by atoms with Crippen LogP contribution in [0, 0.1) is 0 Å². The Kier molecular flexibility index (Phi) is 4.83. The molecule has 0 amide bonds. The van der Waals surface area contributed by atoms with Gasteiger partial charge in [-0.05, 0) is 31.4 Å². The molecule has 4 heteroatoms. The lowest BCUT2D eigenvalue weighted by Crippen LogP contribution is -2.07. The van der Waals surface area contributed by atoms with Gasteiger partial charge in [0, 0.05) is 23.5 Å². The van der Waals surface area contributed by atoms with Gasteiger partial charge in [-0.15, -0.1) is 11.8 Å². The molecule has 17 heavy (non-hydrogen) atoms. The van der Waals surface area contributed by atoms with Crippen LogP contribution in [0.4, 0.5) is 0 Å². The highest BCUT2D eigenvalue weighted by molar-refractivity contribution is 7.99. The zero-order valence-corrected chi connectivity index (χ0v) is 10.9. The number of hydrogen-bond donors (Lipinski definition) is 1. The average molecular weight is 253 g/mol. The smallest absolute Gasteiger partial charge is 0.0957 e. The number of rotatable bonds is 5.